The van der Waals surface area contributed by atoms with Crippen LogP contribution in [0.25, 0.3) is 0 Å². The third-order valence-corrected chi connectivity index (χ3v) is 4.15. The number of amides is 1. The van der Waals surface area contributed by atoms with Crippen molar-refractivity contribution in [2.24, 2.45) is 0 Å². The first-order chi connectivity index (χ1) is 10.2. The Morgan fingerprint density at radius 2 is 1.95 bits per heavy atom. The van der Waals surface area contributed by atoms with E-state index >= 15 is 0 Å². The van der Waals surface area contributed by atoms with E-state index in [1.165, 1.54) is 11.8 Å². The van der Waals surface area contributed by atoms with Crippen molar-refractivity contribution in [2.45, 2.75) is 32.4 Å². The summed E-state index contributed by atoms with van der Waals surface area (Å²) in [4.78, 5) is 25.5. The highest BCUT2D eigenvalue weighted by Crippen LogP contribution is 2.29. The number of benzene rings is 1. The van der Waals surface area contributed by atoms with E-state index in [1.807, 2.05) is 35.2 Å². The van der Waals surface area contributed by atoms with Crippen molar-refractivity contribution >= 4 is 23.6 Å². The Morgan fingerprint density at radius 1 is 1.24 bits per heavy atom. The fourth-order valence-corrected chi connectivity index (χ4v) is 2.79. The second-order valence-electron chi connectivity index (χ2n) is 5.04. The maximum atomic E-state index is 12.3. The summed E-state index contributed by atoms with van der Waals surface area (Å²) in [7, 11) is 0. The van der Waals surface area contributed by atoms with Crippen LogP contribution in [0.2, 0.25) is 0 Å². The van der Waals surface area contributed by atoms with Crippen LogP contribution in [0.5, 0.6) is 0 Å². The summed E-state index contributed by atoms with van der Waals surface area (Å²) in [5.41, 5.74) is 1.15. The minimum absolute atomic E-state index is 0.107. The molecule has 114 valence electrons. The molecule has 0 saturated heterocycles. The number of carbonyl (C=O) groups excluding carboxylic acids is 2. The average molecular weight is 307 g/mol. The van der Waals surface area contributed by atoms with Crippen molar-refractivity contribution in [3.8, 4) is 0 Å². The number of nitrogens with zero attached hydrogens (tertiary/aromatic N) is 1. The number of hydrogen-bond acceptors (Lipinski definition) is 4. The van der Waals surface area contributed by atoms with E-state index in [0.717, 1.165) is 18.4 Å². The van der Waals surface area contributed by atoms with Crippen LogP contribution in [0.4, 0.5) is 0 Å². The summed E-state index contributed by atoms with van der Waals surface area (Å²) >= 11 is 1.33. The zero-order chi connectivity index (χ0) is 15.1. The molecular weight excluding hydrogens is 286 g/mol. The Morgan fingerprint density at radius 3 is 2.57 bits per heavy atom. The van der Waals surface area contributed by atoms with Gasteiger partial charge in [0.2, 0.25) is 5.91 Å². The van der Waals surface area contributed by atoms with Crippen LogP contribution < -0.4 is 0 Å². The number of esters is 1. The van der Waals surface area contributed by atoms with E-state index in [4.69, 9.17) is 4.74 Å². The Bertz CT molecular complexity index is 474. The Kier molecular flexibility index (Phi) is 6.11. The van der Waals surface area contributed by atoms with Gasteiger partial charge in [0.1, 0.15) is 0 Å². The summed E-state index contributed by atoms with van der Waals surface area (Å²) in [6, 6.07) is 10.4. The molecule has 1 amide bonds. The van der Waals surface area contributed by atoms with Crippen LogP contribution in [0.15, 0.2) is 30.3 Å². The highest BCUT2D eigenvalue weighted by molar-refractivity contribution is 8.00. The van der Waals surface area contributed by atoms with Crippen LogP contribution in [-0.4, -0.2) is 40.9 Å². The van der Waals surface area contributed by atoms with Crippen LogP contribution in [0.1, 0.15) is 25.3 Å². The van der Waals surface area contributed by atoms with Gasteiger partial charge in [0.25, 0.3) is 0 Å². The molecule has 1 aromatic rings. The number of thioether (sulfide) groups is 1. The Balaban J connectivity index is 1.81. The summed E-state index contributed by atoms with van der Waals surface area (Å²) in [6.07, 6.45) is 2.17. The first-order valence-electron chi connectivity index (χ1n) is 7.27. The van der Waals surface area contributed by atoms with Gasteiger partial charge in [-0.3, -0.25) is 9.59 Å². The topological polar surface area (TPSA) is 46.6 Å². The van der Waals surface area contributed by atoms with Crippen molar-refractivity contribution in [1.82, 2.24) is 4.90 Å². The van der Waals surface area contributed by atoms with Gasteiger partial charge in [0.05, 0.1) is 18.1 Å². The fraction of sp³-hybridized carbons (Fsp3) is 0.500. The predicted molar refractivity (Wildman–Crippen MR) is 84.0 cm³/mol. The zero-order valence-electron chi connectivity index (χ0n) is 12.3. The van der Waals surface area contributed by atoms with E-state index < -0.39 is 0 Å². The molecule has 1 saturated carbocycles. The van der Waals surface area contributed by atoms with Gasteiger partial charge in [-0.15, -0.1) is 11.8 Å². The number of rotatable bonds is 8. The average Bonchev–Trinajstić information content (AvgIpc) is 3.30. The zero-order valence-corrected chi connectivity index (χ0v) is 13.1. The molecule has 21 heavy (non-hydrogen) atoms. The molecule has 4 nitrogen and oxygen atoms in total. The largest absolute Gasteiger partial charge is 0.465 e. The van der Waals surface area contributed by atoms with Gasteiger partial charge in [0, 0.05) is 12.6 Å². The Labute approximate surface area is 129 Å². The molecule has 0 heterocycles. The minimum Gasteiger partial charge on any atom is -0.465 e. The summed E-state index contributed by atoms with van der Waals surface area (Å²) in [6.45, 7) is 2.82. The highest BCUT2D eigenvalue weighted by atomic mass is 32.2. The van der Waals surface area contributed by atoms with Crippen molar-refractivity contribution in [3.05, 3.63) is 35.9 Å². The molecular formula is C16H21NO3S. The van der Waals surface area contributed by atoms with E-state index in [2.05, 4.69) is 0 Å². The van der Waals surface area contributed by atoms with Gasteiger partial charge in [-0.05, 0) is 25.3 Å². The Hall–Kier alpha value is -1.49. The van der Waals surface area contributed by atoms with Crippen LogP contribution in [0.3, 0.4) is 0 Å². The van der Waals surface area contributed by atoms with Gasteiger partial charge in [-0.1, -0.05) is 30.3 Å². The normalized spacial score (nSPS) is 13.8. The van der Waals surface area contributed by atoms with Gasteiger partial charge >= 0.3 is 5.97 Å². The lowest BCUT2D eigenvalue weighted by atomic mass is 10.2. The van der Waals surface area contributed by atoms with Gasteiger partial charge in [-0.25, -0.2) is 0 Å². The quantitative estimate of drug-likeness (QED) is 0.692. The van der Waals surface area contributed by atoms with Crippen molar-refractivity contribution in [2.75, 3.05) is 18.1 Å². The molecule has 0 radical (unpaired) electrons. The highest BCUT2D eigenvalue weighted by Gasteiger charge is 2.32. The molecule has 0 bridgehead atoms. The molecule has 5 heteroatoms. The van der Waals surface area contributed by atoms with Crippen molar-refractivity contribution in [3.63, 3.8) is 0 Å². The maximum Gasteiger partial charge on any atom is 0.315 e. The molecule has 0 spiro atoms. The third kappa shape index (κ3) is 5.42. The molecule has 2 rings (SSSR count). The molecule has 0 unspecified atom stereocenters. The lowest BCUT2D eigenvalue weighted by Crippen LogP contribution is -2.34. The summed E-state index contributed by atoms with van der Waals surface area (Å²) < 4.78 is 4.85. The molecule has 0 aliphatic heterocycles. The van der Waals surface area contributed by atoms with Crippen LogP contribution in [-0.2, 0) is 20.9 Å². The van der Waals surface area contributed by atoms with E-state index in [9.17, 15) is 9.59 Å². The lowest BCUT2D eigenvalue weighted by Gasteiger charge is -2.22. The monoisotopic (exact) mass is 307 g/mol. The number of carbonyl (C=O) groups is 2. The second kappa shape index (κ2) is 8.08. The van der Waals surface area contributed by atoms with Gasteiger partial charge in [0.15, 0.2) is 0 Å². The molecule has 0 atom stereocenters. The molecule has 1 fully saturated rings. The number of hydrogen-bond donors (Lipinski definition) is 0. The number of ether oxygens (including phenoxy) is 1. The van der Waals surface area contributed by atoms with Crippen molar-refractivity contribution in [1.29, 1.82) is 0 Å². The minimum atomic E-state index is -0.253. The van der Waals surface area contributed by atoms with E-state index in [-0.39, 0.29) is 17.6 Å². The fourth-order valence-electron chi connectivity index (χ4n) is 2.09. The van der Waals surface area contributed by atoms with Crippen LogP contribution in [0, 0.1) is 0 Å². The van der Waals surface area contributed by atoms with Gasteiger partial charge < -0.3 is 9.64 Å². The molecule has 1 aliphatic carbocycles. The van der Waals surface area contributed by atoms with Gasteiger partial charge in [-0.2, -0.15) is 0 Å². The maximum absolute atomic E-state index is 12.3. The van der Waals surface area contributed by atoms with E-state index in [0.29, 0.717) is 24.9 Å². The molecule has 1 aromatic carbocycles. The van der Waals surface area contributed by atoms with E-state index in [1.54, 1.807) is 6.92 Å². The third-order valence-electron chi connectivity index (χ3n) is 3.25. The smallest absolute Gasteiger partial charge is 0.315 e. The summed E-state index contributed by atoms with van der Waals surface area (Å²) in [5, 5.41) is 0. The van der Waals surface area contributed by atoms with Crippen molar-refractivity contribution < 1.29 is 14.3 Å². The molecule has 0 aromatic heterocycles. The summed E-state index contributed by atoms with van der Waals surface area (Å²) in [5.74, 6) is 0.429. The SMILES string of the molecule is CCOC(=O)CSCC(=O)N(Cc1ccccc1)C1CC1. The molecule has 0 N–H and O–H groups in total. The van der Waals surface area contributed by atoms with Crippen LogP contribution >= 0.6 is 11.8 Å². The lowest BCUT2D eigenvalue weighted by molar-refractivity contribution is -0.139. The first-order valence-corrected chi connectivity index (χ1v) is 8.43. The molecule has 1 aliphatic rings. The predicted octanol–water partition coefficient (Wildman–Crippen LogP) is 2.47. The standard InChI is InChI=1S/C16H21NO3S/c1-2-20-16(19)12-21-11-15(18)17(14-8-9-14)10-13-6-4-3-5-7-13/h3-7,14H,2,8-12H2,1H3. The second-order valence-corrected chi connectivity index (χ2v) is 6.02. The first kappa shape index (κ1) is 15.9.